The molecule has 1 aromatic rings. The lowest BCUT2D eigenvalue weighted by Crippen LogP contribution is -2.43. The van der Waals surface area contributed by atoms with Crippen molar-refractivity contribution in [2.75, 3.05) is 33.5 Å². The molecular weight excluding hydrogens is 486 g/mol. The largest absolute Gasteiger partial charge is 0.490 e. The summed E-state index contributed by atoms with van der Waals surface area (Å²) in [4.78, 5) is 15.4. The van der Waals surface area contributed by atoms with Crippen LogP contribution in [0.2, 0.25) is 0 Å². The molecule has 7 nitrogen and oxygen atoms in total. The van der Waals surface area contributed by atoms with Gasteiger partial charge in [0.15, 0.2) is 17.3 Å². The van der Waals surface area contributed by atoms with Crippen LogP contribution in [-0.4, -0.2) is 44.2 Å². The van der Waals surface area contributed by atoms with Gasteiger partial charge in [0.2, 0.25) is 0 Å². The number of nitriles is 1. The molecule has 0 spiro atoms. The summed E-state index contributed by atoms with van der Waals surface area (Å²) in [5, 5.41) is 10.1. The predicted octanol–water partition coefficient (Wildman–Crippen LogP) is 4.63. The van der Waals surface area contributed by atoms with Gasteiger partial charge in [0.05, 0.1) is 41.9 Å². The zero-order chi connectivity index (χ0) is 24.3. The summed E-state index contributed by atoms with van der Waals surface area (Å²) >= 11 is 3.60. The van der Waals surface area contributed by atoms with E-state index in [1.165, 1.54) is 0 Å². The fourth-order valence-electron chi connectivity index (χ4n) is 4.65. The lowest BCUT2D eigenvalue weighted by atomic mass is 9.68. The first-order valence-corrected chi connectivity index (χ1v) is 12.0. The van der Waals surface area contributed by atoms with Crippen molar-refractivity contribution in [1.29, 1.82) is 5.26 Å². The monoisotopic (exact) mass is 517 g/mol. The number of nitrogens with zero attached hydrogens (tertiary/aromatic N) is 2. The predicted molar refractivity (Wildman–Crippen MR) is 130 cm³/mol. The number of ether oxygens (including phenoxy) is 3. The van der Waals surface area contributed by atoms with Crippen molar-refractivity contribution < 1.29 is 19.0 Å². The molecule has 33 heavy (non-hydrogen) atoms. The standard InChI is InChI=1S/C25H32BrN3O4/c1-6-32-20-11-15(10-17(26)23(20)33-7-2)21-16(14-27)24(28)29(8-9-31-5)18-12-25(3,4)13-19(30)22(18)21/h10-11,21H,6-9,12-13,28H2,1-5H3/t21-/m0/s1. The second-order valence-corrected chi connectivity index (χ2v) is 9.84. The Kier molecular flexibility index (Phi) is 7.76. The van der Waals surface area contributed by atoms with Crippen LogP contribution >= 0.6 is 15.9 Å². The SMILES string of the molecule is CCOc1cc([C@H]2C(C#N)=C(N)N(CCOC)C3=C2C(=O)CC(C)(C)C3)cc(Br)c1OCC. The Balaban J connectivity index is 2.25. The third-order valence-corrected chi connectivity index (χ3v) is 6.55. The van der Waals surface area contributed by atoms with Crippen LogP contribution in [0.5, 0.6) is 11.5 Å². The molecule has 0 saturated carbocycles. The number of ketones is 1. The minimum atomic E-state index is -0.571. The molecule has 1 aromatic carbocycles. The molecule has 178 valence electrons. The van der Waals surface area contributed by atoms with Gasteiger partial charge < -0.3 is 24.8 Å². The van der Waals surface area contributed by atoms with Crippen LogP contribution in [0.3, 0.4) is 0 Å². The van der Waals surface area contributed by atoms with E-state index < -0.39 is 5.92 Å². The number of carbonyl (C=O) groups is 1. The Hall–Kier alpha value is -2.50. The first-order chi connectivity index (χ1) is 15.7. The molecule has 1 heterocycles. The lowest BCUT2D eigenvalue weighted by molar-refractivity contribution is -0.118. The van der Waals surface area contributed by atoms with Crippen LogP contribution in [0.15, 0.2) is 39.3 Å². The van der Waals surface area contributed by atoms with E-state index in [0.717, 1.165) is 11.3 Å². The Morgan fingerprint density at radius 3 is 2.55 bits per heavy atom. The van der Waals surface area contributed by atoms with E-state index in [1.54, 1.807) is 7.11 Å². The Morgan fingerprint density at radius 1 is 1.24 bits per heavy atom. The number of Topliss-reactive ketones (excluding diaryl/α,β-unsaturated/α-hetero) is 1. The van der Waals surface area contributed by atoms with Crippen molar-refractivity contribution in [3.05, 3.63) is 44.8 Å². The van der Waals surface area contributed by atoms with Gasteiger partial charge >= 0.3 is 0 Å². The zero-order valence-electron chi connectivity index (χ0n) is 20.0. The van der Waals surface area contributed by atoms with Crippen LogP contribution in [0.1, 0.15) is 52.0 Å². The fourth-order valence-corrected chi connectivity index (χ4v) is 5.22. The number of allylic oxidation sites excluding steroid dienone is 3. The van der Waals surface area contributed by atoms with E-state index in [4.69, 9.17) is 19.9 Å². The van der Waals surface area contributed by atoms with E-state index in [0.29, 0.717) is 72.1 Å². The molecule has 8 heteroatoms. The molecule has 1 aliphatic carbocycles. The van der Waals surface area contributed by atoms with Gasteiger partial charge in [0.25, 0.3) is 0 Å². The molecule has 0 fully saturated rings. The van der Waals surface area contributed by atoms with E-state index in [9.17, 15) is 10.1 Å². The van der Waals surface area contributed by atoms with Gasteiger partial charge in [-0.15, -0.1) is 0 Å². The molecule has 0 saturated heterocycles. The van der Waals surface area contributed by atoms with Crippen molar-refractivity contribution >= 4 is 21.7 Å². The summed E-state index contributed by atoms with van der Waals surface area (Å²) < 4.78 is 17.6. The highest BCUT2D eigenvalue weighted by Crippen LogP contribution is 2.50. The Morgan fingerprint density at radius 2 is 1.94 bits per heavy atom. The number of halogens is 1. The van der Waals surface area contributed by atoms with Gasteiger partial charge in [-0.25, -0.2) is 0 Å². The van der Waals surface area contributed by atoms with Gasteiger partial charge in [-0.2, -0.15) is 5.26 Å². The quantitative estimate of drug-likeness (QED) is 0.536. The molecule has 0 aromatic heterocycles. The second kappa shape index (κ2) is 10.2. The summed E-state index contributed by atoms with van der Waals surface area (Å²) in [6.07, 6.45) is 1.10. The Bertz CT molecular complexity index is 1040. The average Bonchev–Trinajstić information content (AvgIpc) is 2.74. The smallest absolute Gasteiger partial charge is 0.175 e. The summed E-state index contributed by atoms with van der Waals surface area (Å²) in [6, 6.07) is 6.04. The van der Waals surface area contributed by atoms with Crippen molar-refractivity contribution in [2.45, 2.75) is 46.5 Å². The summed E-state index contributed by atoms with van der Waals surface area (Å²) in [7, 11) is 1.62. The highest BCUT2D eigenvalue weighted by atomic mass is 79.9. The van der Waals surface area contributed by atoms with Crippen LogP contribution in [0.4, 0.5) is 0 Å². The van der Waals surface area contributed by atoms with Crippen LogP contribution in [-0.2, 0) is 9.53 Å². The van der Waals surface area contributed by atoms with Gasteiger partial charge in [0.1, 0.15) is 5.82 Å². The third-order valence-electron chi connectivity index (χ3n) is 5.96. The molecule has 2 aliphatic rings. The molecule has 3 rings (SSSR count). The molecule has 0 bridgehead atoms. The maximum absolute atomic E-state index is 13.5. The van der Waals surface area contributed by atoms with Gasteiger partial charge in [-0.05, 0) is 59.3 Å². The first-order valence-electron chi connectivity index (χ1n) is 11.2. The maximum Gasteiger partial charge on any atom is 0.175 e. The van der Waals surface area contributed by atoms with Gasteiger partial charge in [0, 0.05) is 31.3 Å². The third kappa shape index (κ3) is 4.90. The highest BCUT2D eigenvalue weighted by molar-refractivity contribution is 9.10. The van der Waals surface area contributed by atoms with Crippen molar-refractivity contribution in [3.63, 3.8) is 0 Å². The topological polar surface area (TPSA) is 97.8 Å². The number of nitrogens with two attached hydrogens (primary N) is 1. The van der Waals surface area contributed by atoms with Crippen LogP contribution < -0.4 is 15.2 Å². The van der Waals surface area contributed by atoms with Crippen molar-refractivity contribution in [1.82, 2.24) is 4.90 Å². The van der Waals surface area contributed by atoms with Crippen molar-refractivity contribution in [2.24, 2.45) is 11.1 Å². The number of benzene rings is 1. The molecule has 1 aliphatic heterocycles. The van der Waals surface area contributed by atoms with Crippen LogP contribution in [0, 0.1) is 16.7 Å². The van der Waals surface area contributed by atoms with E-state index in [2.05, 4.69) is 35.8 Å². The van der Waals surface area contributed by atoms with E-state index in [-0.39, 0.29) is 11.2 Å². The maximum atomic E-state index is 13.5. The van der Waals surface area contributed by atoms with Gasteiger partial charge in [-0.1, -0.05) is 13.8 Å². The molecule has 2 N–H and O–H groups in total. The number of hydrogen-bond acceptors (Lipinski definition) is 7. The normalized spacial score (nSPS) is 20.0. The number of rotatable bonds is 8. The number of methoxy groups -OCH3 is 1. The summed E-state index contributed by atoms with van der Waals surface area (Å²) in [5.74, 6) is 0.996. The molecule has 1 atom stereocenters. The molecular formula is C25H32BrN3O4. The minimum Gasteiger partial charge on any atom is -0.490 e. The summed E-state index contributed by atoms with van der Waals surface area (Å²) in [5.41, 5.74) is 9.00. The first kappa shape index (κ1) is 25.1. The van der Waals surface area contributed by atoms with E-state index >= 15 is 0 Å². The number of hydrogen-bond donors (Lipinski definition) is 1. The second-order valence-electron chi connectivity index (χ2n) is 8.99. The Labute approximate surface area is 204 Å². The molecule has 0 amide bonds. The molecule has 0 unspecified atom stereocenters. The minimum absolute atomic E-state index is 0.0388. The zero-order valence-corrected chi connectivity index (χ0v) is 21.5. The van der Waals surface area contributed by atoms with Crippen LogP contribution in [0.25, 0.3) is 0 Å². The van der Waals surface area contributed by atoms with Crippen molar-refractivity contribution in [3.8, 4) is 17.6 Å². The average molecular weight is 518 g/mol. The summed E-state index contributed by atoms with van der Waals surface area (Å²) in [6.45, 7) is 9.80. The molecule has 0 radical (unpaired) electrons. The lowest BCUT2D eigenvalue weighted by Gasteiger charge is -2.43. The van der Waals surface area contributed by atoms with E-state index in [1.807, 2.05) is 30.9 Å². The fraction of sp³-hybridized carbons (Fsp3) is 0.520. The van der Waals surface area contributed by atoms with Gasteiger partial charge in [-0.3, -0.25) is 4.79 Å². The highest BCUT2D eigenvalue weighted by Gasteiger charge is 2.44. The number of carbonyl (C=O) groups excluding carboxylic acids is 1.